The van der Waals surface area contributed by atoms with Gasteiger partial charge in [-0.2, -0.15) is 13.1 Å². The van der Waals surface area contributed by atoms with Gasteiger partial charge in [0.25, 0.3) is 16.1 Å². The first kappa shape index (κ1) is 16.2. The van der Waals surface area contributed by atoms with Crippen LogP contribution >= 0.6 is 0 Å². The van der Waals surface area contributed by atoms with Crippen molar-refractivity contribution in [2.75, 3.05) is 29.4 Å². The molecule has 1 saturated heterocycles. The second kappa shape index (κ2) is 6.86. The van der Waals surface area contributed by atoms with Crippen LogP contribution in [0.25, 0.3) is 0 Å². The van der Waals surface area contributed by atoms with Crippen molar-refractivity contribution in [3.05, 3.63) is 24.3 Å². The summed E-state index contributed by atoms with van der Waals surface area (Å²) >= 11 is 0. The first-order valence-corrected chi connectivity index (χ1v) is 9.30. The third-order valence-corrected chi connectivity index (χ3v) is 5.24. The minimum absolute atomic E-state index is 0.0257. The van der Waals surface area contributed by atoms with E-state index in [9.17, 15) is 13.2 Å². The Balaban J connectivity index is 1.63. The lowest BCUT2D eigenvalue weighted by Gasteiger charge is -2.27. The lowest BCUT2D eigenvalue weighted by molar-refractivity contribution is -0.125. The largest absolute Gasteiger partial charge is 0.370 e. The average molecular weight is 339 g/mol. The van der Waals surface area contributed by atoms with E-state index in [4.69, 9.17) is 4.74 Å². The van der Waals surface area contributed by atoms with Crippen LogP contribution in [0.5, 0.6) is 0 Å². The predicted octanol–water partition coefficient (Wildman–Crippen LogP) is 1.24. The molecule has 8 heteroatoms. The van der Waals surface area contributed by atoms with Crippen LogP contribution in [0.2, 0.25) is 0 Å². The van der Waals surface area contributed by atoms with E-state index in [0.717, 1.165) is 31.4 Å². The summed E-state index contributed by atoms with van der Waals surface area (Å²) in [5.41, 5.74) is 1.21. The smallest absolute Gasteiger partial charge is 0.299 e. The zero-order chi connectivity index (χ0) is 16.3. The summed E-state index contributed by atoms with van der Waals surface area (Å²) in [4.78, 5) is 13.4. The van der Waals surface area contributed by atoms with E-state index in [1.165, 1.54) is 0 Å². The van der Waals surface area contributed by atoms with Crippen molar-refractivity contribution >= 4 is 27.5 Å². The summed E-state index contributed by atoms with van der Waals surface area (Å²) in [5, 5.41) is 0. The van der Waals surface area contributed by atoms with Crippen molar-refractivity contribution in [2.24, 2.45) is 0 Å². The average Bonchev–Trinajstić information content (AvgIpc) is 3.00. The van der Waals surface area contributed by atoms with Crippen molar-refractivity contribution in [3.8, 4) is 0 Å². The van der Waals surface area contributed by atoms with Gasteiger partial charge in [-0.05, 0) is 37.1 Å². The Labute approximate surface area is 136 Å². The van der Waals surface area contributed by atoms with Gasteiger partial charge in [-0.25, -0.2) is 0 Å². The first-order chi connectivity index (χ1) is 11.0. The molecular weight excluding hydrogens is 318 g/mol. The summed E-state index contributed by atoms with van der Waals surface area (Å²) in [7, 11) is -3.57. The van der Waals surface area contributed by atoms with Gasteiger partial charge in [-0.1, -0.05) is 12.8 Å². The Kier molecular flexibility index (Phi) is 4.84. The molecule has 1 aromatic carbocycles. The molecule has 1 aromatic rings. The fourth-order valence-electron chi connectivity index (χ4n) is 2.95. The zero-order valence-corrected chi connectivity index (χ0v) is 13.6. The molecule has 0 bridgehead atoms. The molecule has 1 saturated carbocycles. The molecular formula is C15H21N3O4S. The highest BCUT2D eigenvalue weighted by Crippen LogP contribution is 2.21. The highest BCUT2D eigenvalue weighted by molar-refractivity contribution is 7.90. The lowest BCUT2D eigenvalue weighted by Crippen LogP contribution is -2.41. The predicted molar refractivity (Wildman–Crippen MR) is 87.5 cm³/mol. The molecule has 0 radical (unpaired) electrons. The number of hydrogen-bond donors (Lipinski definition) is 2. The van der Waals surface area contributed by atoms with Crippen molar-refractivity contribution in [2.45, 2.75) is 31.7 Å². The van der Waals surface area contributed by atoms with Crippen molar-refractivity contribution in [1.82, 2.24) is 4.72 Å². The second-order valence-electron chi connectivity index (χ2n) is 5.85. The number of benzene rings is 1. The van der Waals surface area contributed by atoms with Gasteiger partial charge in [0.05, 0.1) is 6.61 Å². The molecule has 126 valence electrons. The normalized spacial score (nSPS) is 20.0. The number of hydrogen-bond acceptors (Lipinski definition) is 4. The van der Waals surface area contributed by atoms with Crippen LogP contribution in [0.4, 0.5) is 11.4 Å². The molecule has 1 aliphatic heterocycles. The highest BCUT2D eigenvalue weighted by atomic mass is 32.2. The van der Waals surface area contributed by atoms with Gasteiger partial charge in [0.2, 0.25) is 0 Å². The van der Waals surface area contributed by atoms with Crippen LogP contribution in [-0.2, 0) is 19.7 Å². The Morgan fingerprint density at radius 1 is 1.13 bits per heavy atom. The summed E-state index contributed by atoms with van der Waals surface area (Å²) < 4.78 is 34.5. The van der Waals surface area contributed by atoms with Gasteiger partial charge in [0, 0.05) is 24.0 Å². The molecule has 3 rings (SSSR count). The minimum atomic E-state index is -3.57. The molecule has 7 nitrogen and oxygen atoms in total. The number of morpholine rings is 1. The minimum Gasteiger partial charge on any atom is -0.370 e. The Morgan fingerprint density at radius 2 is 1.83 bits per heavy atom. The van der Waals surface area contributed by atoms with Crippen molar-refractivity contribution in [3.63, 3.8) is 0 Å². The van der Waals surface area contributed by atoms with E-state index in [0.29, 0.717) is 18.8 Å². The summed E-state index contributed by atoms with van der Waals surface area (Å²) in [6.45, 7) is 1.10. The zero-order valence-electron chi connectivity index (χ0n) is 12.8. The van der Waals surface area contributed by atoms with Crippen molar-refractivity contribution < 1.29 is 17.9 Å². The van der Waals surface area contributed by atoms with Crippen LogP contribution in [0, 0.1) is 0 Å². The van der Waals surface area contributed by atoms with E-state index in [2.05, 4.69) is 9.44 Å². The number of nitrogens with one attached hydrogen (secondary N) is 2. The maximum atomic E-state index is 12.1. The Bertz CT molecular complexity index is 654. The summed E-state index contributed by atoms with van der Waals surface area (Å²) in [6, 6.07) is 6.81. The number of anilines is 2. The number of carbonyl (C=O) groups excluding carboxylic acids is 1. The third-order valence-electron chi connectivity index (χ3n) is 4.09. The third kappa shape index (κ3) is 4.21. The first-order valence-electron chi connectivity index (χ1n) is 7.82. The molecule has 2 fully saturated rings. The molecule has 0 atom stereocenters. The highest BCUT2D eigenvalue weighted by Gasteiger charge is 2.22. The van der Waals surface area contributed by atoms with Gasteiger partial charge >= 0.3 is 0 Å². The van der Waals surface area contributed by atoms with E-state index in [1.54, 1.807) is 29.2 Å². The van der Waals surface area contributed by atoms with Gasteiger partial charge < -0.3 is 9.64 Å². The second-order valence-corrected chi connectivity index (χ2v) is 7.30. The van der Waals surface area contributed by atoms with Crippen LogP contribution in [0.1, 0.15) is 25.7 Å². The number of rotatable bonds is 5. The van der Waals surface area contributed by atoms with E-state index >= 15 is 0 Å². The SMILES string of the molecule is O=C1COCCN1c1ccc(NS(=O)(=O)NC2CCCC2)cc1. The fourth-order valence-corrected chi connectivity index (χ4v) is 4.13. The molecule has 0 aromatic heterocycles. The van der Waals surface area contributed by atoms with Gasteiger partial charge in [0.1, 0.15) is 6.61 Å². The van der Waals surface area contributed by atoms with Crippen LogP contribution < -0.4 is 14.3 Å². The van der Waals surface area contributed by atoms with Crippen molar-refractivity contribution in [1.29, 1.82) is 0 Å². The van der Waals surface area contributed by atoms with E-state index in [-0.39, 0.29) is 18.6 Å². The number of carbonyl (C=O) groups is 1. The molecule has 0 spiro atoms. The molecule has 2 N–H and O–H groups in total. The van der Waals surface area contributed by atoms with E-state index < -0.39 is 10.2 Å². The quantitative estimate of drug-likeness (QED) is 0.845. The fraction of sp³-hybridized carbons (Fsp3) is 0.533. The molecule has 1 aliphatic carbocycles. The standard InChI is InChI=1S/C15H21N3O4S/c19-15-11-22-10-9-18(15)14-7-5-13(6-8-14)17-23(20,21)16-12-3-1-2-4-12/h5-8,12,16-17H,1-4,9-11H2. The van der Waals surface area contributed by atoms with Gasteiger partial charge in [0.15, 0.2) is 0 Å². The molecule has 1 amide bonds. The van der Waals surface area contributed by atoms with Crippen LogP contribution in [0.15, 0.2) is 24.3 Å². The maximum Gasteiger partial charge on any atom is 0.299 e. The van der Waals surface area contributed by atoms with Crippen LogP contribution in [-0.4, -0.2) is 40.1 Å². The van der Waals surface area contributed by atoms with Crippen LogP contribution in [0.3, 0.4) is 0 Å². The topological polar surface area (TPSA) is 87.7 Å². The number of nitrogens with zero attached hydrogens (tertiary/aromatic N) is 1. The summed E-state index contributed by atoms with van der Waals surface area (Å²) in [6.07, 6.45) is 3.91. The Hall–Kier alpha value is -1.64. The molecule has 23 heavy (non-hydrogen) atoms. The maximum absolute atomic E-state index is 12.1. The Morgan fingerprint density at radius 3 is 2.48 bits per heavy atom. The molecule has 0 unspecified atom stereocenters. The number of ether oxygens (including phenoxy) is 1. The van der Waals surface area contributed by atoms with E-state index in [1.807, 2.05) is 0 Å². The van der Waals surface area contributed by atoms with Gasteiger partial charge in [-0.3, -0.25) is 9.52 Å². The number of amides is 1. The molecule has 1 heterocycles. The lowest BCUT2D eigenvalue weighted by atomic mass is 10.2. The van der Waals surface area contributed by atoms with Gasteiger partial charge in [-0.15, -0.1) is 0 Å². The monoisotopic (exact) mass is 339 g/mol. The molecule has 2 aliphatic rings. The summed E-state index contributed by atoms with van der Waals surface area (Å²) in [5.74, 6) is -0.0903.